The molecule has 3 aromatic heterocycles. The van der Waals surface area contributed by atoms with Gasteiger partial charge in [-0.05, 0) is 36.4 Å². The lowest BCUT2D eigenvalue weighted by Crippen LogP contribution is -2.27. The standard InChI is InChI=1S/C27H17N3/c1-2-7-19(8-3-1)28-15-16-29(18-28)20-13-14-26-24(17-20)23-11-6-10-22-21-9-4-5-12-25(21)30(26)27(22)23/h1-17H. The Morgan fingerprint density at radius 1 is 0.633 bits per heavy atom. The van der Waals surface area contributed by atoms with Crippen LogP contribution >= 0.6 is 0 Å². The molecule has 7 aromatic rings. The van der Waals surface area contributed by atoms with Crippen LogP contribution in [0.25, 0.3) is 49.5 Å². The summed E-state index contributed by atoms with van der Waals surface area (Å²) >= 11 is 0. The number of para-hydroxylation sites is 3. The van der Waals surface area contributed by atoms with Gasteiger partial charge in [0, 0.05) is 33.9 Å². The molecule has 7 rings (SSSR count). The predicted molar refractivity (Wildman–Crippen MR) is 121 cm³/mol. The first-order valence-corrected chi connectivity index (χ1v) is 10.1. The highest BCUT2D eigenvalue weighted by molar-refractivity contribution is 6.23. The zero-order chi connectivity index (χ0) is 19.7. The van der Waals surface area contributed by atoms with Crippen molar-refractivity contribution in [2.45, 2.75) is 0 Å². The number of nitrogens with zero attached hydrogens (tertiary/aromatic N) is 3. The van der Waals surface area contributed by atoms with Crippen LogP contribution < -0.4 is 4.57 Å². The maximum absolute atomic E-state index is 3.43. The van der Waals surface area contributed by atoms with Gasteiger partial charge in [0.2, 0.25) is 0 Å². The molecule has 0 aliphatic carbocycles. The predicted octanol–water partition coefficient (Wildman–Crippen LogP) is 5.70. The van der Waals surface area contributed by atoms with Crippen LogP contribution in [0.15, 0.2) is 103 Å². The lowest BCUT2D eigenvalue weighted by molar-refractivity contribution is -0.599. The van der Waals surface area contributed by atoms with Gasteiger partial charge < -0.3 is 4.40 Å². The number of fused-ring (bicyclic) bond motifs is 6. The van der Waals surface area contributed by atoms with Crippen LogP contribution in [-0.2, 0) is 0 Å². The van der Waals surface area contributed by atoms with Crippen molar-refractivity contribution in [2.75, 3.05) is 0 Å². The zero-order valence-corrected chi connectivity index (χ0v) is 16.2. The minimum absolute atomic E-state index is 1.10. The summed E-state index contributed by atoms with van der Waals surface area (Å²) in [7, 11) is 0. The molecule has 140 valence electrons. The highest BCUT2D eigenvalue weighted by Crippen LogP contribution is 2.39. The van der Waals surface area contributed by atoms with Gasteiger partial charge in [-0.25, -0.2) is 0 Å². The molecule has 0 saturated carbocycles. The molecule has 0 fully saturated rings. The first kappa shape index (κ1) is 15.8. The zero-order valence-electron chi connectivity index (χ0n) is 16.2. The fourth-order valence-corrected chi connectivity index (χ4v) is 4.76. The molecule has 3 heteroatoms. The molecule has 0 atom stereocenters. The van der Waals surface area contributed by atoms with Crippen molar-refractivity contribution in [2.24, 2.45) is 0 Å². The van der Waals surface area contributed by atoms with Crippen molar-refractivity contribution in [1.29, 1.82) is 0 Å². The Hall–Kier alpha value is -4.11. The van der Waals surface area contributed by atoms with Crippen LogP contribution in [0, 0.1) is 6.33 Å². The fraction of sp³-hybridized carbons (Fsp3) is 0. The topological polar surface area (TPSA) is 13.2 Å². The van der Waals surface area contributed by atoms with E-state index < -0.39 is 0 Å². The SMILES string of the molecule is [c-]1n(-c2ccc3c(c2)c2cccc4c5ccccc5n3c42)cc[n+]1-c1ccccc1. The third kappa shape index (κ3) is 2.01. The smallest absolute Gasteiger partial charge is 0.268 e. The van der Waals surface area contributed by atoms with Crippen molar-refractivity contribution in [3.8, 4) is 11.4 Å². The summed E-state index contributed by atoms with van der Waals surface area (Å²) in [5.74, 6) is 0. The molecule has 0 aliphatic heterocycles. The van der Waals surface area contributed by atoms with Crippen LogP contribution in [0.2, 0.25) is 0 Å². The normalized spacial score (nSPS) is 12.0. The van der Waals surface area contributed by atoms with Gasteiger partial charge in [-0.3, -0.25) is 9.13 Å². The van der Waals surface area contributed by atoms with Crippen LogP contribution in [0.1, 0.15) is 0 Å². The Labute approximate surface area is 173 Å². The average Bonchev–Trinajstić information content (AvgIpc) is 3.51. The monoisotopic (exact) mass is 383 g/mol. The second-order valence-electron chi connectivity index (χ2n) is 7.73. The van der Waals surface area contributed by atoms with E-state index in [1.54, 1.807) is 0 Å². The highest BCUT2D eigenvalue weighted by Gasteiger charge is 2.17. The van der Waals surface area contributed by atoms with E-state index in [0.29, 0.717) is 0 Å². The molecule has 0 spiro atoms. The lowest BCUT2D eigenvalue weighted by Gasteiger charge is -2.03. The third-order valence-electron chi connectivity index (χ3n) is 6.10. The maximum atomic E-state index is 3.43. The quantitative estimate of drug-likeness (QED) is 0.268. The Balaban J connectivity index is 1.49. The Morgan fingerprint density at radius 3 is 2.27 bits per heavy atom. The van der Waals surface area contributed by atoms with Crippen LogP contribution in [-0.4, -0.2) is 8.97 Å². The van der Waals surface area contributed by atoms with Crippen LogP contribution in [0.3, 0.4) is 0 Å². The van der Waals surface area contributed by atoms with Gasteiger partial charge >= 0.3 is 0 Å². The molecule has 0 N–H and O–H groups in total. The first-order valence-electron chi connectivity index (χ1n) is 10.1. The lowest BCUT2D eigenvalue weighted by atomic mass is 10.1. The van der Waals surface area contributed by atoms with Crippen LogP contribution in [0.4, 0.5) is 0 Å². The van der Waals surface area contributed by atoms with Crippen LogP contribution in [0.5, 0.6) is 0 Å². The summed E-state index contributed by atoms with van der Waals surface area (Å²) in [5, 5.41) is 5.19. The number of rotatable bonds is 2. The van der Waals surface area contributed by atoms with Gasteiger partial charge in [0.15, 0.2) is 0 Å². The van der Waals surface area contributed by atoms with Crippen molar-refractivity contribution in [1.82, 2.24) is 8.97 Å². The van der Waals surface area contributed by atoms with Gasteiger partial charge in [-0.2, -0.15) is 0 Å². The number of hydrogen-bond donors (Lipinski definition) is 0. The van der Waals surface area contributed by atoms with Gasteiger partial charge in [0.05, 0.1) is 27.9 Å². The maximum Gasteiger partial charge on any atom is 0.268 e. The summed E-state index contributed by atoms with van der Waals surface area (Å²) < 4.78 is 6.48. The largest absolute Gasteiger partial charge is 0.308 e. The molecule has 3 nitrogen and oxygen atoms in total. The molecule has 0 amide bonds. The molecule has 0 bridgehead atoms. The summed E-state index contributed by atoms with van der Waals surface area (Å²) in [6.07, 6.45) is 7.53. The number of benzene rings is 4. The molecule has 4 aromatic carbocycles. The number of imidazole rings is 1. The van der Waals surface area contributed by atoms with Crippen molar-refractivity contribution in [3.05, 3.63) is 110 Å². The Morgan fingerprint density at radius 2 is 1.37 bits per heavy atom. The number of hydrogen-bond acceptors (Lipinski definition) is 0. The molecule has 30 heavy (non-hydrogen) atoms. The summed E-state index contributed by atoms with van der Waals surface area (Å²) in [6, 6.07) is 32.3. The minimum Gasteiger partial charge on any atom is -0.308 e. The molecular formula is C27H17N3. The van der Waals surface area contributed by atoms with E-state index in [0.717, 1.165) is 11.4 Å². The minimum atomic E-state index is 1.10. The van der Waals surface area contributed by atoms with Gasteiger partial charge in [-0.1, -0.05) is 54.6 Å². The summed E-state index contributed by atoms with van der Waals surface area (Å²) in [6.45, 7) is 0. The highest BCUT2D eigenvalue weighted by atomic mass is 15.1. The van der Waals surface area contributed by atoms with E-state index in [9.17, 15) is 0 Å². The summed E-state index contributed by atoms with van der Waals surface area (Å²) in [5.41, 5.74) is 6.02. The van der Waals surface area contributed by atoms with E-state index in [1.807, 2.05) is 29.0 Å². The van der Waals surface area contributed by atoms with E-state index in [-0.39, 0.29) is 0 Å². The second kappa shape index (κ2) is 5.71. The van der Waals surface area contributed by atoms with Crippen molar-refractivity contribution in [3.63, 3.8) is 0 Å². The van der Waals surface area contributed by atoms with Crippen molar-refractivity contribution >= 4 is 38.1 Å². The van der Waals surface area contributed by atoms with Crippen molar-refractivity contribution < 1.29 is 4.57 Å². The molecule has 0 saturated heterocycles. The van der Waals surface area contributed by atoms with E-state index in [2.05, 4.69) is 94.3 Å². The average molecular weight is 383 g/mol. The van der Waals surface area contributed by atoms with E-state index >= 15 is 0 Å². The first-order chi connectivity index (χ1) is 14.9. The molecule has 0 radical (unpaired) electrons. The molecule has 3 heterocycles. The fourth-order valence-electron chi connectivity index (χ4n) is 4.76. The molecular weight excluding hydrogens is 366 g/mol. The van der Waals surface area contributed by atoms with E-state index in [4.69, 9.17) is 0 Å². The van der Waals surface area contributed by atoms with Gasteiger partial charge in [0.25, 0.3) is 6.33 Å². The summed E-state index contributed by atoms with van der Waals surface area (Å²) in [4.78, 5) is 0. The number of aromatic nitrogens is 3. The Kier molecular flexibility index (Phi) is 3.00. The Bertz CT molecular complexity index is 1690. The van der Waals surface area contributed by atoms with E-state index in [1.165, 1.54) is 38.1 Å². The second-order valence-corrected chi connectivity index (χ2v) is 7.73. The van der Waals surface area contributed by atoms with Gasteiger partial charge in [-0.15, -0.1) is 0 Å². The van der Waals surface area contributed by atoms with Gasteiger partial charge in [0.1, 0.15) is 0 Å². The third-order valence-corrected chi connectivity index (χ3v) is 6.10. The molecule has 0 unspecified atom stereocenters. The molecule has 0 aliphatic rings.